The molecule has 2 heterocycles. The van der Waals surface area contributed by atoms with Crippen LogP contribution in [0.3, 0.4) is 0 Å². The first-order valence-electron chi connectivity index (χ1n) is 7.41. The van der Waals surface area contributed by atoms with Crippen molar-refractivity contribution in [3.8, 4) is 5.75 Å². The molecule has 130 valence electrons. The van der Waals surface area contributed by atoms with Crippen molar-refractivity contribution in [2.75, 3.05) is 0 Å². The number of aromatic nitrogens is 1. The van der Waals surface area contributed by atoms with Crippen molar-refractivity contribution in [1.29, 1.82) is 0 Å². The van der Waals surface area contributed by atoms with Gasteiger partial charge in [-0.25, -0.2) is 10.2 Å². The second-order valence-electron chi connectivity index (χ2n) is 5.03. The predicted molar refractivity (Wildman–Crippen MR) is 103 cm³/mol. The summed E-state index contributed by atoms with van der Waals surface area (Å²) in [5.41, 5.74) is 3.57. The van der Waals surface area contributed by atoms with Crippen molar-refractivity contribution in [2.24, 2.45) is 5.10 Å². The molecule has 0 radical (unpaired) electrons. The standard InChI is InChI=1S/C18H12BrN3O3S/c19-14-8-13(10-20-11-14)17(23)22-21-9-12-3-5-15(6-4-12)25-18(24)16-2-1-7-26-16/h1-11H,(H,22,23)/b21-9+. The molecule has 3 aromatic rings. The maximum atomic E-state index is 11.9. The number of rotatable bonds is 5. The summed E-state index contributed by atoms with van der Waals surface area (Å²) in [6.45, 7) is 0. The van der Waals surface area contributed by atoms with Crippen LogP contribution in [0, 0.1) is 0 Å². The predicted octanol–water partition coefficient (Wildman–Crippen LogP) is 3.89. The average Bonchev–Trinajstić information content (AvgIpc) is 3.18. The van der Waals surface area contributed by atoms with Gasteiger partial charge in [-0.15, -0.1) is 11.3 Å². The van der Waals surface area contributed by atoms with Gasteiger partial charge in [-0.1, -0.05) is 6.07 Å². The number of hydrogen-bond acceptors (Lipinski definition) is 6. The number of hydrazone groups is 1. The molecule has 26 heavy (non-hydrogen) atoms. The molecule has 1 aromatic carbocycles. The van der Waals surface area contributed by atoms with Crippen LogP contribution in [0.2, 0.25) is 0 Å². The van der Waals surface area contributed by atoms with E-state index in [0.717, 1.165) is 5.56 Å². The molecule has 0 unspecified atom stereocenters. The number of amides is 1. The molecule has 0 aliphatic carbocycles. The van der Waals surface area contributed by atoms with E-state index in [-0.39, 0.29) is 5.91 Å². The van der Waals surface area contributed by atoms with Crippen molar-refractivity contribution >= 4 is 45.4 Å². The smallest absolute Gasteiger partial charge is 0.353 e. The van der Waals surface area contributed by atoms with E-state index in [9.17, 15) is 9.59 Å². The molecule has 0 fully saturated rings. The fraction of sp³-hybridized carbons (Fsp3) is 0. The highest BCUT2D eigenvalue weighted by Gasteiger charge is 2.09. The molecule has 3 rings (SSSR count). The molecule has 1 amide bonds. The molecule has 0 spiro atoms. The number of nitrogens with one attached hydrogen (secondary N) is 1. The largest absolute Gasteiger partial charge is 0.422 e. The minimum atomic E-state index is -0.392. The summed E-state index contributed by atoms with van der Waals surface area (Å²) in [5.74, 6) is -0.322. The lowest BCUT2D eigenvalue weighted by Crippen LogP contribution is -2.17. The lowest BCUT2D eigenvalue weighted by Gasteiger charge is -2.03. The van der Waals surface area contributed by atoms with Crippen molar-refractivity contribution in [3.05, 3.63) is 80.7 Å². The molecular formula is C18H12BrN3O3S. The van der Waals surface area contributed by atoms with Crippen LogP contribution in [0.15, 0.2) is 69.8 Å². The maximum absolute atomic E-state index is 11.9. The summed E-state index contributed by atoms with van der Waals surface area (Å²) in [6, 6.07) is 11.9. The second-order valence-corrected chi connectivity index (χ2v) is 6.89. The zero-order valence-corrected chi connectivity index (χ0v) is 15.7. The Hall–Kier alpha value is -2.84. The van der Waals surface area contributed by atoms with Crippen LogP contribution in [0.1, 0.15) is 25.6 Å². The molecule has 6 nitrogen and oxygen atoms in total. The van der Waals surface area contributed by atoms with Gasteiger partial charge >= 0.3 is 5.97 Å². The normalized spacial score (nSPS) is 10.7. The number of thiophene rings is 1. The number of carbonyl (C=O) groups is 2. The monoisotopic (exact) mass is 429 g/mol. The molecular weight excluding hydrogens is 418 g/mol. The first-order chi connectivity index (χ1) is 12.6. The SMILES string of the molecule is O=C(N/N=C/c1ccc(OC(=O)c2cccs2)cc1)c1cncc(Br)c1. The van der Waals surface area contributed by atoms with Crippen LogP contribution in [0.25, 0.3) is 0 Å². The number of nitrogens with zero attached hydrogens (tertiary/aromatic N) is 2. The van der Waals surface area contributed by atoms with Gasteiger partial charge in [-0.3, -0.25) is 9.78 Å². The Morgan fingerprint density at radius 3 is 2.69 bits per heavy atom. The third kappa shape index (κ3) is 4.84. The Kier molecular flexibility index (Phi) is 5.88. The van der Waals surface area contributed by atoms with E-state index in [4.69, 9.17) is 4.74 Å². The Morgan fingerprint density at radius 2 is 2.00 bits per heavy atom. The van der Waals surface area contributed by atoms with Gasteiger partial charge in [-0.05, 0) is 63.3 Å². The van der Waals surface area contributed by atoms with Gasteiger partial charge in [0.15, 0.2) is 0 Å². The minimum absolute atomic E-state index is 0.364. The number of hydrogen-bond donors (Lipinski definition) is 1. The molecule has 2 aromatic heterocycles. The van der Waals surface area contributed by atoms with Crippen LogP contribution in [-0.2, 0) is 0 Å². The summed E-state index contributed by atoms with van der Waals surface area (Å²) in [4.78, 5) is 28.3. The van der Waals surface area contributed by atoms with Crippen molar-refractivity contribution < 1.29 is 14.3 Å². The summed E-state index contributed by atoms with van der Waals surface area (Å²) in [6.07, 6.45) is 4.54. The highest BCUT2D eigenvalue weighted by Crippen LogP contribution is 2.16. The molecule has 0 bridgehead atoms. The lowest BCUT2D eigenvalue weighted by molar-refractivity contribution is 0.0739. The zero-order valence-electron chi connectivity index (χ0n) is 13.3. The molecule has 0 aliphatic rings. The third-order valence-electron chi connectivity index (χ3n) is 3.16. The Bertz CT molecular complexity index is 941. The maximum Gasteiger partial charge on any atom is 0.353 e. The summed E-state index contributed by atoms with van der Waals surface area (Å²) >= 11 is 4.58. The van der Waals surface area contributed by atoms with Crippen LogP contribution in [-0.4, -0.2) is 23.1 Å². The first kappa shape index (κ1) is 18.0. The van der Waals surface area contributed by atoms with Crippen molar-refractivity contribution in [3.63, 3.8) is 0 Å². The second kappa shape index (κ2) is 8.50. The fourth-order valence-electron chi connectivity index (χ4n) is 1.94. The van der Waals surface area contributed by atoms with Gasteiger partial charge < -0.3 is 4.74 Å². The van der Waals surface area contributed by atoms with Crippen LogP contribution < -0.4 is 10.2 Å². The van der Waals surface area contributed by atoms with E-state index in [2.05, 4.69) is 31.4 Å². The van der Waals surface area contributed by atoms with E-state index < -0.39 is 5.97 Å². The Labute approximate surface area is 161 Å². The third-order valence-corrected chi connectivity index (χ3v) is 4.44. The van der Waals surface area contributed by atoms with Crippen molar-refractivity contribution in [2.45, 2.75) is 0 Å². The molecule has 0 saturated carbocycles. The zero-order chi connectivity index (χ0) is 18.4. The van der Waals surface area contributed by atoms with Crippen LogP contribution in [0.4, 0.5) is 0 Å². The van der Waals surface area contributed by atoms with Gasteiger partial charge in [0.2, 0.25) is 0 Å². The summed E-state index contributed by atoms with van der Waals surface area (Å²) < 4.78 is 5.98. The molecule has 8 heteroatoms. The van der Waals surface area contributed by atoms with E-state index in [1.165, 1.54) is 23.7 Å². The van der Waals surface area contributed by atoms with E-state index in [1.54, 1.807) is 48.7 Å². The number of pyridine rings is 1. The minimum Gasteiger partial charge on any atom is -0.422 e. The number of carbonyl (C=O) groups excluding carboxylic acids is 2. The topological polar surface area (TPSA) is 80.6 Å². The Morgan fingerprint density at radius 1 is 1.19 bits per heavy atom. The molecule has 0 saturated heterocycles. The van der Waals surface area contributed by atoms with Crippen LogP contribution in [0.5, 0.6) is 5.75 Å². The highest BCUT2D eigenvalue weighted by molar-refractivity contribution is 9.10. The Balaban J connectivity index is 1.56. The van der Waals surface area contributed by atoms with E-state index in [0.29, 0.717) is 20.7 Å². The first-order valence-corrected chi connectivity index (χ1v) is 9.09. The number of halogens is 1. The molecule has 1 N–H and O–H groups in total. The van der Waals surface area contributed by atoms with Gasteiger partial charge in [0.25, 0.3) is 5.91 Å². The molecule has 0 atom stereocenters. The van der Waals surface area contributed by atoms with Gasteiger partial charge in [0.05, 0.1) is 11.8 Å². The quantitative estimate of drug-likeness (QED) is 0.288. The van der Waals surface area contributed by atoms with Gasteiger partial charge in [0, 0.05) is 16.9 Å². The van der Waals surface area contributed by atoms with Gasteiger partial charge in [-0.2, -0.15) is 5.10 Å². The number of esters is 1. The molecule has 0 aliphatic heterocycles. The van der Waals surface area contributed by atoms with E-state index in [1.807, 2.05) is 5.38 Å². The highest BCUT2D eigenvalue weighted by atomic mass is 79.9. The summed E-state index contributed by atoms with van der Waals surface area (Å²) in [5, 5.41) is 5.72. The lowest BCUT2D eigenvalue weighted by atomic mass is 10.2. The summed E-state index contributed by atoms with van der Waals surface area (Å²) in [7, 11) is 0. The van der Waals surface area contributed by atoms with Gasteiger partial charge in [0.1, 0.15) is 10.6 Å². The number of ether oxygens (including phenoxy) is 1. The number of benzene rings is 1. The van der Waals surface area contributed by atoms with Crippen LogP contribution >= 0.6 is 27.3 Å². The fourth-order valence-corrected chi connectivity index (χ4v) is 2.90. The van der Waals surface area contributed by atoms with Crippen molar-refractivity contribution in [1.82, 2.24) is 10.4 Å². The average molecular weight is 430 g/mol. The van der Waals surface area contributed by atoms with E-state index >= 15 is 0 Å².